The van der Waals surface area contributed by atoms with Crippen LogP contribution in [0.4, 0.5) is 5.69 Å². The van der Waals surface area contributed by atoms with Gasteiger partial charge in [0.05, 0.1) is 0 Å². The predicted molar refractivity (Wildman–Crippen MR) is 106 cm³/mol. The third kappa shape index (κ3) is 3.81. The Kier molecular flexibility index (Phi) is 4.97. The van der Waals surface area contributed by atoms with Crippen LogP contribution in [0.3, 0.4) is 0 Å². The molecule has 10 heteroatoms. The van der Waals surface area contributed by atoms with Crippen LogP contribution in [0.15, 0.2) is 39.6 Å². The lowest BCUT2D eigenvalue weighted by atomic mass is 10.2. The molecule has 2 N–H and O–H groups in total. The van der Waals surface area contributed by atoms with E-state index in [9.17, 15) is 13.2 Å². The Bertz CT molecular complexity index is 1160. The first-order chi connectivity index (χ1) is 13.8. The summed E-state index contributed by atoms with van der Waals surface area (Å²) in [6, 6.07) is 8.35. The van der Waals surface area contributed by atoms with Crippen molar-refractivity contribution >= 4 is 21.6 Å². The van der Waals surface area contributed by atoms with E-state index in [0.717, 1.165) is 18.4 Å². The van der Waals surface area contributed by atoms with E-state index in [1.165, 1.54) is 10.4 Å². The summed E-state index contributed by atoms with van der Waals surface area (Å²) in [6.45, 7) is 4.32. The number of furan rings is 1. The number of amides is 1. The van der Waals surface area contributed by atoms with Gasteiger partial charge in [-0.05, 0) is 38.8 Å². The highest BCUT2D eigenvalue weighted by atomic mass is 32.2. The lowest BCUT2D eigenvalue weighted by Gasteiger charge is -2.14. The van der Waals surface area contributed by atoms with Gasteiger partial charge in [-0.15, -0.1) is 0 Å². The Morgan fingerprint density at radius 2 is 1.97 bits per heavy atom. The zero-order chi connectivity index (χ0) is 20.6. The normalized spacial score (nSPS) is 15.0. The van der Waals surface area contributed by atoms with E-state index in [-0.39, 0.29) is 16.4 Å². The molecule has 2 aromatic heterocycles. The summed E-state index contributed by atoms with van der Waals surface area (Å²) in [4.78, 5) is 16.9. The van der Waals surface area contributed by atoms with Crippen molar-refractivity contribution in [2.45, 2.75) is 31.6 Å². The minimum Gasteiger partial charge on any atom is -0.455 e. The molecule has 152 valence electrons. The summed E-state index contributed by atoms with van der Waals surface area (Å²) in [7, 11) is -3.66. The molecule has 0 atom stereocenters. The summed E-state index contributed by atoms with van der Waals surface area (Å²) < 4.78 is 32.4. The minimum atomic E-state index is -3.66. The lowest BCUT2D eigenvalue weighted by Crippen LogP contribution is -2.28. The van der Waals surface area contributed by atoms with Gasteiger partial charge in [-0.2, -0.15) is 9.40 Å². The second kappa shape index (κ2) is 7.45. The van der Waals surface area contributed by atoms with Crippen molar-refractivity contribution in [3.8, 4) is 11.4 Å². The highest BCUT2D eigenvalue weighted by Gasteiger charge is 2.31. The number of sulfonamides is 1. The second-order valence-corrected chi connectivity index (χ2v) is 8.83. The smallest absolute Gasteiger partial charge is 0.291 e. The molecule has 1 aliphatic heterocycles. The molecular weight excluding hydrogens is 394 g/mol. The van der Waals surface area contributed by atoms with Gasteiger partial charge in [0.1, 0.15) is 16.5 Å². The number of benzene rings is 1. The summed E-state index contributed by atoms with van der Waals surface area (Å²) in [6.07, 6.45) is 1.67. The number of hydrogen-bond acceptors (Lipinski definition) is 6. The highest BCUT2D eigenvalue weighted by molar-refractivity contribution is 7.89. The number of rotatable bonds is 5. The molecule has 29 heavy (non-hydrogen) atoms. The predicted octanol–water partition coefficient (Wildman–Crippen LogP) is 2.72. The molecule has 0 unspecified atom stereocenters. The Labute approximate surface area is 168 Å². The summed E-state index contributed by atoms with van der Waals surface area (Å²) in [5.74, 6) is 0.823. The largest absolute Gasteiger partial charge is 0.455 e. The Morgan fingerprint density at radius 1 is 1.21 bits per heavy atom. The van der Waals surface area contributed by atoms with E-state index < -0.39 is 15.9 Å². The third-order valence-corrected chi connectivity index (χ3v) is 6.76. The van der Waals surface area contributed by atoms with Gasteiger partial charge in [0, 0.05) is 30.4 Å². The molecule has 1 aromatic carbocycles. The Hall–Kier alpha value is -2.98. The number of nitrogens with one attached hydrogen (secondary N) is 2. The molecule has 3 heterocycles. The van der Waals surface area contributed by atoms with Crippen LogP contribution >= 0.6 is 0 Å². The van der Waals surface area contributed by atoms with Crippen molar-refractivity contribution in [3.63, 3.8) is 0 Å². The number of H-pyrrole nitrogens is 1. The number of carbonyl (C=O) groups is 1. The fourth-order valence-electron chi connectivity index (χ4n) is 3.30. The third-order valence-electron chi connectivity index (χ3n) is 4.75. The fraction of sp³-hybridized carbons (Fsp3) is 0.316. The van der Waals surface area contributed by atoms with Crippen molar-refractivity contribution in [3.05, 3.63) is 47.7 Å². The average molecular weight is 415 g/mol. The van der Waals surface area contributed by atoms with E-state index in [4.69, 9.17) is 4.42 Å². The summed E-state index contributed by atoms with van der Waals surface area (Å²) in [5.41, 5.74) is 1.26. The van der Waals surface area contributed by atoms with E-state index >= 15 is 0 Å². The SMILES string of the molecule is Cc1nc(-c2cccc(NC(=O)c3cc(S(=O)(=O)N4CCCC4)c(C)o3)c2)n[nH]1. The highest BCUT2D eigenvalue weighted by Crippen LogP contribution is 2.27. The molecule has 1 aliphatic rings. The van der Waals surface area contributed by atoms with Crippen molar-refractivity contribution < 1.29 is 17.6 Å². The number of hydrogen-bond donors (Lipinski definition) is 2. The maximum Gasteiger partial charge on any atom is 0.291 e. The number of carbonyl (C=O) groups excluding carboxylic acids is 1. The topological polar surface area (TPSA) is 121 Å². The number of aryl methyl sites for hydroxylation is 2. The number of aromatic nitrogens is 3. The average Bonchev–Trinajstić information content (AvgIpc) is 3.42. The molecule has 0 spiro atoms. The molecule has 1 amide bonds. The van der Waals surface area contributed by atoms with Crippen molar-refractivity contribution in [1.29, 1.82) is 0 Å². The number of anilines is 1. The van der Waals surface area contributed by atoms with Gasteiger partial charge >= 0.3 is 0 Å². The van der Waals surface area contributed by atoms with Crippen LogP contribution in [0.25, 0.3) is 11.4 Å². The summed E-state index contributed by atoms with van der Waals surface area (Å²) >= 11 is 0. The molecular formula is C19H21N5O4S. The molecule has 4 rings (SSSR count). The quantitative estimate of drug-likeness (QED) is 0.661. The first kappa shape index (κ1) is 19.3. The first-order valence-corrected chi connectivity index (χ1v) is 10.7. The standard InChI is InChI=1S/C19H21N5O4S/c1-12-17(29(26,27)24-8-3-4-9-24)11-16(28-12)19(25)21-15-7-5-6-14(10-15)18-20-13(2)22-23-18/h5-7,10-11H,3-4,8-9H2,1-2H3,(H,21,25)(H,20,22,23). The van der Waals surface area contributed by atoms with Gasteiger partial charge < -0.3 is 9.73 Å². The molecule has 3 aromatic rings. The van der Waals surface area contributed by atoms with Crippen LogP contribution in [0, 0.1) is 13.8 Å². The maximum atomic E-state index is 12.8. The van der Waals surface area contributed by atoms with Gasteiger partial charge in [0.15, 0.2) is 11.6 Å². The van der Waals surface area contributed by atoms with Gasteiger partial charge in [-0.3, -0.25) is 9.89 Å². The van der Waals surface area contributed by atoms with E-state index in [1.807, 2.05) is 6.07 Å². The first-order valence-electron chi connectivity index (χ1n) is 9.26. The zero-order valence-corrected chi connectivity index (χ0v) is 16.9. The maximum absolute atomic E-state index is 12.8. The molecule has 1 fully saturated rings. The van der Waals surface area contributed by atoms with Gasteiger partial charge in [-0.25, -0.2) is 13.4 Å². The molecule has 0 aliphatic carbocycles. The minimum absolute atomic E-state index is 0.0366. The van der Waals surface area contributed by atoms with E-state index in [1.54, 1.807) is 32.0 Å². The number of aromatic amines is 1. The molecule has 0 radical (unpaired) electrons. The fourth-order valence-corrected chi connectivity index (χ4v) is 4.98. The van der Waals surface area contributed by atoms with Crippen molar-refractivity contribution in [2.75, 3.05) is 18.4 Å². The van der Waals surface area contributed by atoms with Crippen molar-refractivity contribution in [1.82, 2.24) is 19.5 Å². The van der Waals surface area contributed by atoms with Crippen LogP contribution in [0.5, 0.6) is 0 Å². The van der Waals surface area contributed by atoms with Crippen LogP contribution in [0.2, 0.25) is 0 Å². The van der Waals surface area contributed by atoms with Crippen LogP contribution < -0.4 is 5.32 Å². The van der Waals surface area contributed by atoms with Crippen LogP contribution in [-0.2, 0) is 10.0 Å². The molecule has 0 saturated carbocycles. The van der Waals surface area contributed by atoms with Crippen molar-refractivity contribution in [2.24, 2.45) is 0 Å². The lowest BCUT2D eigenvalue weighted by molar-refractivity contribution is 0.0995. The summed E-state index contributed by atoms with van der Waals surface area (Å²) in [5, 5.41) is 9.61. The monoisotopic (exact) mass is 415 g/mol. The van der Waals surface area contributed by atoms with Crippen LogP contribution in [0.1, 0.15) is 35.0 Å². The van der Waals surface area contributed by atoms with E-state index in [2.05, 4.69) is 20.5 Å². The van der Waals surface area contributed by atoms with E-state index in [0.29, 0.717) is 30.4 Å². The van der Waals surface area contributed by atoms with Gasteiger partial charge in [0.25, 0.3) is 5.91 Å². The number of nitrogens with zero attached hydrogens (tertiary/aromatic N) is 3. The molecule has 1 saturated heterocycles. The van der Waals surface area contributed by atoms with Gasteiger partial charge in [-0.1, -0.05) is 12.1 Å². The molecule has 9 nitrogen and oxygen atoms in total. The Morgan fingerprint density at radius 3 is 2.66 bits per heavy atom. The second-order valence-electron chi connectivity index (χ2n) is 6.92. The van der Waals surface area contributed by atoms with Gasteiger partial charge in [0.2, 0.25) is 10.0 Å². The zero-order valence-electron chi connectivity index (χ0n) is 16.1. The Balaban J connectivity index is 1.55. The van der Waals surface area contributed by atoms with Crippen LogP contribution in [-0.4, -0.2) is 46.9 Å². The molecule has 0 bridgehead atoms.